The highest BCUT2D eigenvalue weighted by atomic mass is 35.5. The standard InChI is InChI=1S/C20H27N5OS.ClH/c1-11-4-6-14(7-5-11)20-23-13(3)18(27-20)12(2)22-19(26)17-15-10-21-9-8-16(15)24-25-17;/h4-7,12,15-17,21,24-25H,8-10H2,1-3H3,(H,22,26);1H. The lowest BCUT2D eigenvalue weighted by atomic mass is 9.89. The Hall–Kier alpha value is -1.51. The van der Waals surface area contributed by atoms with Crippen LogP contribution in [0.15, 0.2) is 24.3 Å². The molecule has 0 aliphatic carbocycles. The number of hydrogen-bond acceptors (Lipinski definition) is 6. The van der Waals surface area contributed by atoms with Crippen LogP contribution in [0.5, 0.6) is 0 Å². The molecule has 1 aromatic carbocycles. The number of carbonyl (C=O) groups is 1. The van der Waals surface area contributed by atoms with Crippen LogP contribution < -0.4 is 21.5 Å². The highest BCUT2D eigenvalue weighted by molar-refractivity contribution is 7.15. The van der Waals surface area contributed by atoms with E-state index in [0.717, 1.165) is 40.7 Å². The van der Waals surface area contributed by atoms with Crippen molar-refractivity contribution in [3.8, 4) is 10.6 Å². The van der Waals surface area contributed by atoms with E-state index in [9.17, 15) is 4.79 Å². The summed E-state index contributed by atoms with van der Waals surface area (Å²) < 4.78 is 0. The van der Waals surface area contributed by atoms with Crippen molar-refractivity contribution in [2.24, 2.45) is 5.92 Å². The van der Waals surface area contributed by atoms with E-state index in [4.69, 9.17) is 4.98 Å². The Kier molecular flexibility index (Phi) is 6.73. The van der Waals surface area contributed by atoms with E-state index in [1.165, 1.54) is 5.56 Å². The molecule has 6 nitrogen and oxygen atoms in total. The van der Waals surface area contributed by atoms with Crippen LogP contribution in [0, 0.1) is 19.8 Å². The second kappa shape index (κ2) is 8.88. The fourth-order valence-electron chi connectivity index (χ4n) is 3.97. The molecule has 2 aromatic rings. The minimum atomic E-state index is -0.199. The number of hydrazine groups is 1. The van der Waals surface area contributed by atoms with Gasteiger partial charge in [0.05, 0.1) is 16.6 Å². The van der Waals surface area contributed by atoms with Crippen LogP contribution in [0.25, 0.3) is 10.6 Å². The monoisotopic (exact) mass is 421 g/mol. The number of carbonyl (C=O) groups excluding carboxylic acids is 1. The van der Waals surface area contributed by atoms with Gasteiger partial charge < -0.3 is 10.6 Å². The number of benzene rings is 1. The van der Waals surface area contributed by atoms with Crippen LogP contribution >= 0.6 is 23.7 Å². The number of nitrogens with zero attached hydrogens (tertiary/aromatic N) is 1. The summed E-state index contributed by atoms with van der Waals surface area (Å²) in [6.07, 6.45) is 1.05. The number of aryl methyl sites for hydroxylation is 2. The maximum Gasteiger partial charge on any atom is 0.239 e. The van der Waals surface area contributed by atoms with E-state index in [2.05, 4.69) is 52.7 Å². The van der Waals surface area contributed by atoms with Crippen molar-refractivity contribution in [1.82, 2.24) is 26.5 Å². The molecular weight excluding hydrogens is 394 g/mol. The zero-order valence-electron chi connectivity index (χ0n) is 16.4. The van der Waals surface area contributed by atoms with Crippen molar-refractivity contribution in [3.63, 3.8) is 0 Å². The molecule has 2 aliphatic rings. The van der Waals surface area contributed by atoms with Crippen LogP contribution in [0.1, 0.15) is 35.5 Å². The van der Waals surface area contributed by atoms with Crippen molar-refractivity contribution >= 4 is 29.7 Å². The molecule has 28 heavy (non-hydrogen) atoms. The average Bonchev–Trinajstić information content (AvgIpc) is 3.26. The third-order valence-corrected chi connectivity index (χ3v) is 6.94. The second-order valence-corrected chi connectivity index (χ2v) is 8.63. The molecule has 8 heteroatoms. The first-order valence-electron chi connectivity index (χ1n) is 9.59. The number of rotatable bonds is 4. The summed E-state index contributed by atoms with van der Waals surface area (Å²) in [5, 5.41) is 7.58. The fraction of sp³-hybridized carbons (Fsp3) is 0.500. The van der Waals surface area contributed by atoms with Gasteiger partial charge >= 0.3 is 0 Å². The number of thiazole rings is 1. The van der Waals surface area contributed by atoms with Crippen LogP contribution in [0.4, 0.5) is 0 Å². The van der Waals surface area contributed by atoms with Gasteiger partial charge in [0.2, 0.25) is 5.91 Å². The van der Waals surface area contributed by atoms with Gasteiger partial charge in [-0.3, -0.25) is 10.2 Å². The second-order valence-electron chi connectivity index (χ2n) is 7.59. The van der Waals surface area contributed by atoms with E-state index in [-0.39, 0.29) is 36.3 Å². The zero-order chi connectivity index (χ0) is 19.0. The highest BCUT2D eigenvalue weighted by Crippen LogP contribution is 2.32. The van der Waals surface area contributed by atoms with Crippen LogP contribution in [0.2, 0.25) is 0 Å². The Morgan fingerprint density at radius 2 is 2.00 bits per heavy atom. The molecule has 3 heterocycles. The highest BCUT2D eigenvalue weighted by Gasteiger charge is 2.41. The van der Waals surface area contributed by atoms with Gasteiger partial charge in [0.15, 0.2) is 0 Å². The molecule has 0 saturated carbocycles. The Balaban J connectivity index is 0.00000225. The summed E-state index contributed by atoms with van der Waals surface area (Å²) in [5.74, 6) is 0.340. The smallest absolute Gasteiger partial charge is 0.239 e. The number of fused-ring (bicyclic) bond motifs is 1. The van der Waals surface area contributed by atoms with Crippen molar-refractivity contribution < 1.29 is 4.79 Å². The molecule has 4 rings (SSSR count). The molecule has 0 radical (unpaired) electrons. The van der Waals surface area contributed by atoms with E-state index < -0.39 is 0 Å². The summed E-state index contributed by atoms with van der Waals surface area (Å²) in [6, 6.07) is 8.52. The number of hydrogen-bond donors (Lipinski definition) is 4. The molecule has 1 amide bonds. The van der Waals surface area contributed by atoms with Gasteiger partial charge in [-0.15, -0.1) is 23.7 Å². The molecule has 2 aliphatic heterocycles. The summed E-state index contributed by atoms with van der Waals surface area (Å²) in [7, 11) is 0. The first kappa shape index (κ1) is 21.2. The van der Waals surface area contributed by atoms with E-state index in [1.54, 1.807) is 11.3 Å². The average molecular weight is 422 g/mol. The third kappa shape index (κ3) is 4.23. The molecule has 0 bridgehead atoms. The Labute approximate surface area is 176 Å². The maximum atomic E-state index is 12.9. The summed E-state index contributed by atoms with van der Waals surface area (Å²) in [4.78, 5) is 18.7. The Morgan fingerprint density at radius 1 is 1.25 bits per heavy atom. The third-order valence-electron chi connectivity index (χ3n) is 5.55. The van der Waals surface area contributed by atoms with Crippen molar-refractivity contribution in [3.05, 3.63) is 40.4 Å². The summed E-state index contributed by atoms with van der Waals surface area (Å²) >= 11 is 1.66. The quantitative estimate of drug-likeness (QED) is 0.610. The molecule has 0 spiro atoms. The molecule has 4 N–H and O–H groups in total. The number of nitrogens with one attached hydrogen (secondary N) is 4. The number of amides is 1. The van der Waals surface area contributed by atoms with Crippen molar-refractivity contribution in [2.45, 2.75) is 45.3 Å². The van der Waals surface area contributed by atoms with Gasteiger partial charge in [0, 0.05) is 24.1 Å². The van der Waals surface area contributed by atoms with Gasteiger partial charge in [-0.25, -0.2) is 10.4 Å². The van der Waals surface area contributed by atoms with Crippen molar-refractivity contribution in [1.29, 1.82) is 0 Å². The van der Waals surface area contributed by atoms with E-state index in [1.807, 2.05) is 13.8 Å². The topological polar surface area (TPSA) is 78.1 Å². The predicted octanol–water partition coefficient (Wildman–Crippen LogP) is 2.48. The SMILES string of the molecule is Cc1ccc(-c2nc(C)c(C(C)NC(=O)C3NNC4CCNCC43)s2)cc1.Cl. The minimum Gasteiger partial charge on any atom is -0.347 e. The minimum absolute atomic E-state index is 0. The van der Waals surface area contributed by atoms with E-state index >= 15 is 0 Å². The predicted molar refractivity (Wildman–Crippen MR) is 116 cm³/mol. The molecule has 1 aromatic heterocycles. The van der Waals surface area contributed by atoms with Gasteiger partial charge in [-0.2, -0.15) is 0 Å². The number of piperidine rings is 1. The fourth-order valence-corrected chi connectivity index (χ4v) is 5.05. The summed E-state index contributed by atoms with van der Waals surface area (Å²) in [6.45, 7) is 8.01. The Morgan fingerprint density at radius 3 is 2.75 bits per heavy atom. The van der Waals surface area contributed by atoms with Crippen molar-refractivity contribution in [2.75, 3.05) is 13.1 Å². The van der Waals surface area contributed by atoms with Gasteiger partial charge in [0.25, 0.3) is 0 Å². The maximum absolute atomic E-state index is 12.9. The van der Waals surface area contributed by atoms with Crippen LogP contribution in [-0.4, -0.2) is 36.1 Å². The molecule has 2 fully saturated rings. The molecule has 4 atom stereocenters. The number of halogens is 1. The van der Waals surface area contributed by atoms with Gasteiger partial charge in [-0.05, 0) is 33.7 Å². The molecule has 4 unspecified atom stereocenters. The molecule has 2 saturated heterocycles. The molecule has 152 valence electrons. The van der Waals surface area contributed by atoms with Crippen LogP contribution in [-0.2, 0) is 4.79 Å². The van der Waals surface area contributed by atoms with Gasteiger partial charge in [-0.1, -0.05) is 29.8 Å². The van der Waals surface area contributed by atoms with E-state index in [0.29, 0.717) is 6.04 Å². The first-order chi connectivity index (χ1) is 13.0. The zero-order valence-corrected chi connectivity index (χ0v) is 18.0. The lowest BCUT2D eigenvalue weighted by Crippen LogP contribution is -2.49. The lowest BCUT2D eigenvalue weighted by Gasteiger charge is -2.28. The largest absolute Gasteiger partial charge is 0.347 e. The van der Waals surface area contributed by atoms with Crippen LogP contribution in [0.3, 0.4) is 0 Å². The normalized spacial score (nSPS) is 24.9. The number of aromatic nitrogens is 1. The Bertz CT molecular complexity index is 825. The first-order valence-corrected chi connectivity index (χ1v) is 10.4. The molecular formula is C20H28ClN5OS. The lowest BCUT2D eigenvalue weighted by molar-refractivity contribution is -0.124. The summed E-state index contributed by atoms with van der Waals surface area (Å²) in [5.41, 5.74) is 9.82. The van der Waals surface area contributed by atoms with Gasteiger partial charge in [0.1, 0.15) is 11.0 Å².